The molecule has 228 valence electrons. The van der Waals surface area contributed by atoms with Crippen LogP contribution in [0.5, 0.6) is 0 Å². The molecule has 0 radical (unpaired) electrons. The molecule has 0 heterocycles. The van der Waals surface area contributed by atoms with Gasteiger partial charge in [0.05, 0.1) is 0 Å². The Morgan fingerprint density at radius 1 is 1.02 bits per heavy atom. The fraction of sp³-hybridized carbons (Fsp3) is 0.455. The van der Waals surface area contributed by atoms with Crippen LogP contribution in [0.15, 0.2) is 49.0 Å². The van der Waals surface area contributed by atoms with Crippen LogP contribution in [0, 0.1) is 13.8 Å². The van der Waals surface area contributed by atoms with E-state index in [2.05, 4.69) is 17.2 Å². The van der Waals surface area contributed by atoms with Crippen molar-refractivity contribution in [3.63, 3.8) is 0 Å². The van der Waals surface area contributed by atoms with E-state index in [9.17, 15) is 19.2 Å². The number of primary amides is 1. The number of alkyl carbamates (subject to hydrolysis) is 1. The Morgan fingerprint density at radius 2 is 1.62 bits per heavy atom. The van der Waals surface area contributed by atoms with Gasteiger partial charge in [-0.05, 0) is 89.6 Å². The molecule has 2 rings (SSSR count). The number of aryl methyl sites for hydroxylation is 2. The Hall–Kier alpha value is -4.14. The number of benzene rings is 2. The zero-order chi connectivity index (χ0) is 31.8. The maximum Gasteiger partial charge on any atom is 0.408 e. The molecule has 9 nitrogen and oxygen atoms in total. The lowest BCUT2D eigenvalue weighted by molar-refractivity contribution is -0.148. The van der Waals surface area contributed by atoms with E-state index in [0.717, 1.165) is 16.7 Å². The number of nitrogens with two attached hydrogens (primary N) is 1. The summed E-state index contributed by atoms with van der Waals surface area (Å²) in [4.78, 5) is 54.9. The second-order valence-corrected chi connectivity index (χ2v) is 12.1. The smallest absolute Gasteiger partial charge is 0.408 e. The van der Waals surface area contributed by atoms with E-state index in [1.807, 2.05) is 65.0 Å². The molecular weight excluding hydrogens is 532 g/mol. The summed E-state index contributed by atoms with van der Waals surface area (Å²) in [6.07, 6.45) is 1.12. The number of hydrogen-bond donors (Lipinski definition) is 3. The first-order valence-electron chi connectivity index (χ1n) is 14.2. The number of rotatable bonds is 12. The number of hydrogen-bond acceptors (Lipinski definition) is 5. The normalized spacial score (nSPS) is 13.0. The van der Waals surface area contributed by atoms with Crippen molar-refractivity contribution in [1.29, 1.82) is 0 Å². The lowest BCUT2D eigenvalue weighted by Crippen LogP contribution is -2.59. The fourth-order valence-corrected chi connectivity index (χ4v) is 4.58. The number of carbonyl (C=O) groups is 4. The highest BCUT2D eigenvalue weighted by molar-refractivity contribution is 6.00. The maximum absolute atomic E-state index is 14.5. The third-order valence-corrected chi connectivity index (χ3v) is 7.12. The van der Waals surface area contributed by atoms with Gasteiger partial charge in [-0.1, -0.05) is 56.0 Å². The summed E-state index contributed by atoms with van der Waals surface area (Å²) in [5.41, 5.74) is 7.50. The SMILES string of the molecule is C=Cc1cccc(C(C(=O)Nc2c(C)cccc2C)N(C(=O)C(CCC(N)=O)NC(=O)OC(C)(C)C)C(C)(C)CC)c1. The van der Waals surface area contributed by atoms with Gasteiger partial charge < -0.3 is 26.0 Å². The third kappa shape index (κ3) is 9.19. The Bertz CT molecular complexity index is 1290. The van der Waals surface area contributed by atoms with Gasteiger partial charge in [-0.15, -0.1) is 0 Å². The van der Waals surface area contributed by atoms with Crippen LogP contribution in [0.4, 0.5) is 10.5 Å². The molecule has 0 bridgehead atoms. The predicted octanol–water partition coefficient (Wildman–Crippen LogP) is 5.80. The van der Waals surface area contributed by atoms with Crippen molar-refractivity contribution in [2.75, 3.05) is 5.32 Å². The van der Waals surface area contributed by atoms with Gasteiger partial charge in [0.25, 0.3) is 5.91 Å². The number of amides is 4. The quantitative estimate of drug-likeness (QED) is 0.293. The second-order valence-electron chi connectivity index (χ2n) is 12.1. The minimum atomic E-state index is -1.18. The van der Waals surface area contributed by atoms with E-state index >= 15 is 0 Å². The van der Waals surface area contributed by atoms with Crippen molar-refractivity contribution in [3.05, 3.63) is 71.3 Å². The lowest BCUT2D eigenvalue weighted by Gasteiger charge is -2.44. The van der Waals surface area contributed by atoms with Gasteiger partial charge in [0.2, 0.25) is 11.8 Å². The molecule has 2 aromatic carbocycles. The molecule has 9 heteroatoms. The van der Waals surface area contributed by atoms with Gasteiger partial charge in [-0.2, -0.15) is 0 Å². The van der Waals surface area contributed by atoms with Crippen LogP contribution in [0.1, 0.15) is 89.1 Å². The highest BCUT2D eigenvalue weighted by atomic mass is 16.6. The molecule has 0 spiro atoms. The van der Waals surface area contributed by atoms with Crippen LogP contribution in [0.2, 0.25) is 0 Å². The largest absolute Gasteiger partial charge is 0.444 e. The minimum Gasteiger partial charge on any atom is -0.444 e. The molecule has 0 saturated carbocycles. The Balaban J connectivity index is 2.73. The van der Waals surface area contributed by atoms with Crippen molar-refractivity contribution in [3.8, 4) is 0 Å². The number of nitrogens with one attached hydrogen (secondary N) is 2. The van der Waals surface area contributed by atoms with E-state index in [0.29, 0.717) is 17.7 Å². The third-order valence-electron chi connectivity index (χ3n) is 7.12. The summed E-state index contributed by atoms with van der Waals surface area (Å²) in [5.74, 6) is -1.59. The zero-order valence-corrected chi connectivity index (χ0v) is 26.2. The van der Waals surface area contributed by atoms with E-state index in [1.54, 1.807) is 39.0 Å². The van der Waals surface area contributed by atoms with Crippen molar-refractivity contribution in [2.45, 2.75) is 97.9 Å². The van der Waals surface area contributed by atoms with Crippen LogP contribution in [0.25, 0.3) is 6.08 Å². The van der Waals surface area contributed by atoms with Crippen LogP contribution in [-0.4, -0.2) is 45.9 Å². The molecule has 0 aliphatic heterocycles. The van der Waals surface area contributed by atoms with Crippen LogP contribution >= 0.6 is 0 Å². The van der Waals surface area contributed by atoms with Crippen molar-refractivity contribution < 1.29 is 23.9 Å². The van der Waals surface area contributed by atoms with Gasteiger partial charge in [-0.25, -0.2) is 4.79 Å². The van der Waals surface area contributed by atoms with Crippen LogP contribution in [-0.2, 0) is 19.1 Å². The molecule has 2 aromatic rings. The van der Waals surface area contributed by atoms with Crippen molar-refractivity contribution in [2.24, 2.45) is 5.73 Å². The molecule has 42 heavy (non-hydrogen) atoms. The first-order valence-corrected chi connectivity index (χ1v) is 14.2. The molecule has 4 amide bonds. The molecular formula is C33H46N4O5. The van der Waals surface area contributed by atoms with Gasteiger partial charge in [0, 0.05) is 17.6 Å². The van der Waals surface area contributed by atoms with Gasteiger partial charge in [-0.3, -0.25) is 14.4 Å². The predicted molar refractivity (Wildman–Crippen MR) is 167 cm³/mol. The fourth-order valence-electron chi connectivity index (χ4n) is 4.58. The monoisotopic (exact) mass is 578 g/mol. The first-order chi connectivity index (χ1) is 19.5. The highest BCUT2D eigenvalue weighted by Crippen LogP contribution is 2.34. The van der Waals surface area contributed by atoms with E-state index in [1.165, 1.54) is 4.90 Å². The Labute approximate surface area is 249 Å². The second kappa shape index (κ2) is 14.2. The van der Waals surface area contributed by atoms with E-state index < -0.39 is 47.0 Å². The standard InChI is InChI=1S/C33H46N4O5/c1-10-23-16-13-17-24(20-23)28(29(39)36-27-21(3)14-12-15-22(27)4)37(33(8,9)11-2)30(40)25(18-19-26(34)38)35-31(41)42-32(5,6)7/h10,12-17,20,25,28H,1,11,18-19H2,2-9H3,(H2,34,38)(H,35,41)(H,36,39). The topological polar surface area (TPSA) is 131 Å². The number of para-hydroxylation sites is 1. The van der Waals surface area contributed by atoms with Crippen molar-refractivity contribution >= 4 is 35.6 Å². The highest BCUT2D eigenvalue weighted by Gasteiger charge is 2.43. The average molecular weight is 579 g/mol. The Kier molecular flexibility index (Phi) is 11.5. The molecule has 0 aliphatic carbocycles. The first kappa shape index (κ1) is 34.1. The van der Waals surface area contributed by atoms with Gasteiger partial charge in [0.1, 0.15) is 17.7 Å². The van der Waals surface area contributed by atoms with E-state index in [4.69, 9.17) is 10.5 Å². The molecule has 2 atom stereocenters. The maximum atomic E-state index is 14.5. The van der Waals surface area contributed by atoms with E-state index in [-0.39, 0.29) is 12.8 Å². The number of ether oxygens (including phenoxy) is 1. The summed E-state index contributed by atoms with van der Waals surface area (Å²) < 4.78 is 5.42. The van der Waals surface area contributed by atoms with Gasteiger partial charge >= 0.3 is 6.09 Å². The summed E-state index contributed by atoms with van der Waals surface area (Å²) in [7, 11) is 0. The minimum absolute atomic E-state index is 0.0678. The summed E-state index contributed by atoms with van der Waals surface area (Å²) >= 11 is 0. The molecule has 2 unspecified atom stereocenters. The summed E-state index contributed by atoms with van der Waals surface area (Å²) in [6.45, 7) is 18.4. The molecule has 0 saturated heterocycles. The van der Waals surface area contributed by atoms with Crippen LogP contribution < -0.4 is 16.4 Å². The molecule has 0 aliphatic rings. The molecule has 0 fully saturated rings. The molecule has 4 N–H and O–H groups in total. The lowest BCUT2D eigenvalue weighted by atomic mass is 9.90. The average Bonchev–Trinajstić information content (AvgIpc) is 2.90. The Morgan fingerprint density at radius 3 is 2.14 bits per heavy atom. The number of nitrogens with zero attached hydrogens (tertiary/aromatic N) is 1. The number of anilines is 1. The number of carbonyl (C=O) groups excluding carboxylic acids is 4. The zero-order valence-electron chi connectivity index (χ0n) is 26.2. The van der Waals surface area contributed by atoms with Gasteiger partial charge in [0.15, 0.2) is 0 Å². The summed E-state index contributed by atoms with van der Waals surface area (Å²) in [6, 6.07) is 10.7. The summed E-state index contributed by atoms with van der Waals surface area (Å²) in [5, 5.41) is 5.70. The van der Waals surface area contributed by atoms with Crippen LogP contribution in [0.3, 0.4) is 0 Å². The van der Waals surface area contributed by atoms with Crippen molar-refractivity contribution in [1.82, 2.24) is 10.2 Å². The molecule has 0 aromatic heterocycles.